The van der Waals surface area contributed by atoms with E-state index in [-0.39, 0.29) is 18.2 Å². The van der Waals surface area contributed by atoms with Crippen LogP contribution in [-0.2, 0) is 9.59 Å². The highest BCUT2D eigenvalue weighted by Gasteiger charge is 2.20. The minimum Gasteiger partial charge on any atom is -0.481 e. The van der Waals surface area contributed by atoms with Gasteiger partial charge in [-0.3, -0.25) is 9.59 Å². The lowest BCUT2D eigenvalue weighted by atomic mass is 10.1. The van der Waals surface area contributed by atoms with Crippen LogP contribution >= 0.6 is 11.3 Å². The normalized spacial score (nSPS) is 12.4. The third-order valence-corrected chi connectivity index (χ3v) is 3.09. The molecule has 1 unspecified atom stereocenters. The fraction of sp³-hybridized carbons (Fsp3) is 0.455. The SMILES string of the molecule is CC(C)C(=O)NC(CC(=O)O)c1cccs1. The molecule has 0 radical (unpaired) electrons. The summed E-state index contributed by atoms with van der Waals surface area (Å²) in [6.07, 6.45) is -0.0844. The molecule has 2 N–H and O–H groups in total. The highest BCUT2D eigenvalue weighted by Crippen LogP contribution is 2.22. The summed E-state index contributed by atoms with van der Waals surface area (Å²) in [5, 5.41) is 13.4. The number of hydrogen-bond acceptors (Lipinski definition) is 3. The molecule has 1 heterocycles. The Bertz CT molecular complexity index is 359. The van der Waals surface area contributed by atoms with Crippen LogP contribution in [0.2, 0.25) is 0 Å². The molecule has 16 heavy (non-hydrogen) atoms. The van der Waals surface area contributed by atoms with Crippen LogP contribution in [0.3, 0.4) is 0 Å². The Morgan fingerprint density at radius 1 is 1.50 bits per heavy atom. The summed E-state index contributed by atoms with van der Waals surface area (Å²) < 4.78 is 0. The van der Waals surface area contributed by atoms with Crippen LogP contribution in [0, 0.1) is 5.92 Å². The Morgan fingerprint density at radius 3 is 2.62 bits per heavy atom. The molecule has 1 atom stereocenters. The van der Waals surface area contributed by atoms with Gasteiger partial charge < -0.3 is 10.4 Å². The monoisotopic (exact) mass is 241 g/mol. The van der Waals surface area contributed by atoms with E-state index in [2.05, 4.69) is 5.32 Å². The fourth-order valence-electron chi connectivity index (χ4n) is 1.23. The maximum Gasteiger partial charge on any atom is 0.305 e. The lowest BCUT2D eigenvalue weighted by molar-refractivity contribution is -0.137. The Hall–Kier alpha value is -1.36. The number of carbonyl (C=O) groups is 2. The predicted molar refractivity (Wildman–Crippen MR) is 62.3 cm³/mol. The molecule has 1 amide bonds. The third-order valence-electron chi connectivity index (χ3n) is 2.11. The summed E-state index contributed by atoms with van der Waals surface area (Å²) in [5.74, 6) is -1.18. The largest absolute Gasteiger partial charge is 0.481 e. The first kappa shape index (κ1) is 12.7. The average Bonchev–Trinajstić information content (AvgIpc) is 2.68. The van der Waals surface area contributed by atoms with E-state index in [0.29, 0.717) is 0 Å². The third kappa shape index (κ3) is 3.66. The highest BCUT2D eigenvalue weighted by atomic mass is 32.1. The fourth-order valence-corrected chi connectivity index (χ4v) is 2.00. The molecule has 5 heteroatoms. The van der Waals surface area contributed by atoms with Gasteiger partial charge in [0.2, 0.25) is 5.91 Å². The minimum atomic E-state index is -0.914. The zero-order valence-electron chi connectivity index (χ0n) is 9.27. The maximum absolute atomic E-state index is 11.5. The topological polar surface area (TPSA) is 66.4 Å². The van der Waals surface area contributed by atoms with Gasteiger partial charge in [-0.05, 0) is 11.4 Å². The molecule has 4 nitrogen and oxygen atoms in total. The van der Waals surface area contributed by atoms with E-state index in [9.17, 15) is 9.59 Å². The van der Waals surface area contributed by atoms with E-state index in [1.54, 1.807) is 13.8 Å². The van der Waals surface area contributed by atoms with Gasteiger partial charge in [-0.2, -0.15) is 0 Å². The summed E-state index contributed by atoms with van der Waals surface area (Å²) >= 11 is 1.45. The summed E-state index contributed by atoms with van der Waals surface area (Å²) in [7, 11) is 0. The smallest absolute Gasteiger partial charge is 0.305 e. The number of amides is 1. The number of carbonyl (C=O) groups excluding carboxylic acids is 1. The van der Waals surface area contributed by atoms with Gasteiger partial charge in [0.05, 0.1) is 12.5 Å². The minimum absolute atomic E-state index is 0.0844. The number of nitrogens with one attached hydrogen (secondary N) is 1. The molecule has 0 aliphatic carbocycles. The Labute approximate surface area is 98.3 Å². The van der Waals surface area contributed by atoms with Gasteiger partial charge in [-0.25, -0.2) is 0 Å². The van der Waals surface area contributed by atoms with Crippen LogP contribution in [0.15, 0.2) is 17.5 Å². The number of carboxylic acids is 1. The van der Waals surface area contributed by atoms with Crippen molar-refractivity contribution < 1.29 is 14.7 Å². The Balaban J connectivity index is 2.72. The van der Waals surface area contributed by atoms with Crippen molar-refractivity contribution in [3.8, 4) is 0 Å². The van der Waals surface area contributed by atoms with E-state index < -0.39 is 12.0 Å². The van der Waals surface area contributed by atoms with Gasteiger partial charge in [0.25, 0.3) is 0 Å². The van der Waals surface area contributed by atoms with Crippen molar-refractivity contribution in [2.24, 2.45) is 5.92 Å². The lowest BCUT2D eigenvalue weighted by Crippen LogP contribution is -2.32. The highest BCUT2D eigenvalue weighted by molar-refractivity contribution is 7.10. The van der Waals surface area contributed by atoms with Crippen LogP contribution < -0.4 is 5.32 Å². The summed E-state index contributed by atoms with van der Waals surface area (Å²) in [6.45, 7) is 3.56. The molecule has 0 saturated heterocycles. The van der Waals surface area contributed by atoms with E-state index in [4.69, 9.17) is 5.11 Å². The van der Waals surface area contributed by atoms with Gasteiger partial charge in [-0.15, -0.1) is 11.3 Å². The van der Waals surface area contributed by atoms with Crippen LogP contribution in [0.5, 0.6) is 0 Å². The average molecular weight is 241 g/mol. The van der Waals surface area contributed by atoms with Crippen molar-refractivity contribution in [1.29, 1.82) is 0 Å². The number of hydrogen-bond donors (Lipinski definition) is 2. The van der Waals surface area contributed by atoms with E-state index >= 15 is 0 Å². The molecule has 0 aliphatic heterocycles. The van der Waals surface area contributed by atoms with Crippen molar-refractivity contribution in [2.75, 3.05) is 0 Å². The first-order valence-electron chi connectivity index (χ1n) is 5.06. The number of carboxylic acid groups (broad SMARTS) is 1. The summed E-state index contributed by atoms with van der Waals surface area (Å²) in [5.41, 5.74) is 0. The van der Waals surface area contributed by atoms with Gasteiger partial charge >= 0.3 is 5.97 Å². The van der Waals surface area contributed by atoms with Crippen LogP contribution in [0.25, 0.3) is 0 Å². The molecule has 88 valence electrons. The summed E-state index contributed by atoms with van der Waals surface area (Å²) in [4.78, 5) is 23.1. The molecule has 1 aromatic heterocycles. The summed E-state index contributed by atoms with van der Waals surface area (Å²) in [6, 6.07) is 3.25. The zero-order chi connectivity index (χ0) is 12.1. The lowest BCUT2D eigenvalue weighted by Gasteiger charge is -2.16. The second kappa shape index (κ2) is 5.65. The van der Waals surface area contributed by atoms with Crippen LogP contribution in [0.1, 0.15) is 31.2 Å². The molecule has 0 aromatic carbocycles. The first-order chi connectivity index (χ1) is 7.50. The molecule has 0 bridgehead atoms. The van der Waals surface area contributed by atoms with Crippen molar-refractivity contribution in [3.63, 3.8) is 0 Å². The van der Waals surface area contributed by atoms with Crippen molar-refractivity contribution in [3.05, 3.63) is 22.4 Å². The van der Waals surface area contributed by atoms with Crippen LogP contribution in [-0.4, -0.2) is 17.0 Å². The maximum atomic E-state index is 11.5. The molecular weight excluding hydrogens is 226 g/mol. The van der Waals surface area contributed by atoms with Gasteiger partial charge in [0.1, 0.15) is 0 Å². The molecule has 0 saturated carbocycles. The Kier molecular flexibility index (Phi) is 4.49. The van der Waals surface area contributed by atoms with Crippen molar-refractivity contribution >= 4 is 23.2 Å². The first-order valence-corrected chi connectivity index (χ1v) is 5.94. The molecule has 0 spiro atoms. The Morgan fingerprint density at radius 2 is 2.19 bits per heavy atom. The number of rotatable bonds is 5. The molecule has 1 rings (SSSR count). The predicted octanol–water partition coefficient (Wildman–Crippen LogP) is 2.04. The second-order valence-electron chi connectivity index (χ2n) is 3.83. The van der Waals surface area contributed by atoms with E-state index in [1.807, 2.05) is 17.5 Å². The zero-order valence-corrected chi connectivity index (χ0v) is 10.1. The molecular formula is C11H15NO3S. The molecule has 0 fully saturated rings. The van der Waals surface area contributed by atoms with Gasteiger partial charge in [0.15, 0.2) is 0 Å². The van der Waals surface area contributed by atoms with Gasteiger partial charge in [-0.1, -0.05) is 19.9 Å². The molecule has 1 aromatic rings. The van der Waals surface area contributed by atoms with Crippen molar-refractivity contribution in [1.82, 2.24) is 5.32 Å². The standard InChI is InChI=1S/C11H15NO3S/c1-7(2)11(15)12-8(6-10(13)14)9-4-3-5-16-9/h3-5,7-8H,6H2,1-2H3,(H,12,15)(H,13,14). The van der Waals surface area contributed by atoms with Gasteiger partial charge in [0, 0.05) is 10.8 Å². The number of aliphatic carboxylic acids is 1. The molecule has 0 aliphatic rings. The van der Waals surface area contributed by atoms with E-state index in [0.717, 1.165) is 4.88 Å². The number of thiophene rings is 1. The van der Waals surface area contributed by atoms with Crippen LogP contribution in [0.4, 0.5) is 0 Å². The van der Waals surface area contributed by atoms with Crippen molar-refractivity contribution in [2.45, 2.75) is 26.3 Å². The second-order valence-corrected chi connectivity index (χ2v) is 4.81. The quantitative estimate of drug-likeness (QED) is 0.829. The van der Waals surface area contributed by atoms with E-state index in [1.165, 1.54) is 11.3 Å².